The predicted octanol–water partition coefficient (Wildman–Crippen LogP) is 1.62. The summed E-state index contributed by atoms with van der Waals surface area (Å²) < 4.78 is 2.23. The van der Waals surface area contributed by atoms with Crippen LogP contribution in [0.3, 0.4) is 0 Å². The van der Waals surface area contributed by atoms with Gasteiger partial charge in [0.2, 0.25) is 11.8 Å². The predicted molar refractivity (Wildman–Crippen MR) is 89.3 cm³/mol. The molecule has 3 fully saturated rings. The highest BCUT2D eigenvalue weighted by Crippen LogP contribution is 2.34. The normalized spacial score (nSPS) is 27.8. The Morgan fingerprint density at radius 2 is 2.08 bits per heavy atom. The van der Waals surface area contributed by atoms with E-state index in [-0.39, 0.29) is 17.7 Å². The molecule has 1 aromatic heterocycles. The van der Waals surface area contributed by atoms with Crippen LogP contribution in [-0.2, 0) is 16.0 Å². The number of aryl methyl sites for hydroxylation is 1. The molecular formula is C18H26N4O2. The fourth-order valence-electron chi connectivity index (χ4n) is 4.23. The van der Waals surface area contributed by atoms with Gasteiger partial charge in [-0.25, -0.2) is 4.98 Å². The van der Waals surface area contributed by atoms with Gasteiger partial charge in [-0.15, -0.1) is 0 Å². The molecule has 6 nitrogen and oxygen atoms in total. The number of carbonyl (C=O) groups is 2. The minimum absolute atomic E-state index is 0.134. The lowest BCUT2D eigenvalue weighted by atomic mass is 10.0. The van der Waals surface area contributed by atoms with Crippen molar-refractivity contribution in [1.82, 2.24) is 19.4 Å². The first kappa shape index (κ1) is 15.7. The number of hydrogen-bond acceptors (Lipinski definition) is 3. The highest BCUT2D eigenvalue weighted by atomic mass is 16.2. The van der Waals surface area contributed by atoms with Gasteiger partial charge in [0, 0.05) is 50.9 Å². The molecule has 4 rings (SSSR count). The molecule has 1 saturated carbocycles. The Morgan fingerprint density at radius 1 is 1.25 bits per heavy atom. The van der Waals surface area contributed by atoms with Crippen molar-refractivity contribution in [3.63, 3.8) is 0 Å². The lowest BCUT2D eigenvalue weighted by molar-refractivity contribution is -0.137. The second-order valence-corrected chi connectivity index (χ2v) is 7.36. The summed E-state index contributed by atoms with van der Waals surface area (Å²) in [6.07, 6.45) is 9.52. The highest BCUT2D eigenvalue weighted by Gasteiger charge is 2.43. The molecule has 6 heteroatoms. The van der Waals surface area contributed by atoms with E-state index in [1.807, 2.05) is 22.2 Å². The molecule has 3 heterocycles. The molecule has 0 unspecified atom stereocenters. The van der Waals surface area contributed by atoms with Gasteiger partial charge in [0.25, 0.3) is 0 Å². The van der Waals surface area contributed by atoms with Crippen LogP contribution in [0.4, 0.5) is 0 Å². The molecule has 0 radical (unpaired) electrons. The summed E-state index contributed by atoms with van der Waals surface area (Å²) in [4.78, 5) is 33.4. The van der Waals surface area contributed by atoms with Gasteiger partial charge >= 0.3 is 0 Å². The van der Waals surface area contributed by atoms with Crippen molar-refractivity contribution < 1.29 is 9.59 Å². The van der Waals surface area contributed by atoms with Gasteiger partial charge in [-0.05, 0) is 25.7 Å². The van der Waals surface area contributed by atoms with Crippen molar-refractivity contribution in [2.45, 2.75) is 57.5 Å². The van der Waals surface area contributed by atoms with Crippen LogP contribution < -0.4 is 0 Å². The van der Waals surface area contributed by atoms with Crippen molar-refractivity contribution >= 4 is 11.8 Å². The van der Waals surface area contributed by atoms with Crippen LogP contribution in [0.25, 0.3) is 0 Å². The fourth-order valence-corrected chi connectivity index (χ4v) is 4.23. The lowest BCUT2D eigenvalue weighted by Gasteiger charge is -2.35. The van der Waals surface area contributed by atoms with E-state index in [0.29, 0.717) is 25.0 Å². The van der Waals surface area contributed by atoms with E-state index in [1.165, 1.54) is 0 Å². The molecule has 2 atom stereocenters. The molecular weight excluding hydrogens is 304 g/mol. The third-order valence-electron chi connectivity index (χ3n) is 5.66. The molecule has 130 valence electrons. The van der Waals surface area contributed by atoms with Crippen molar-refractivity contribution in [3.05, 3.63) is 18.2 Å². The molecule has 0 spiro atoms. The number of hydrogen-bond donors (Lipinski definition) is 0. The van der Waals surface area contributed by atoms with E-state index < -0.39 is 0 Å². The van der Waals surface area contributed by atoms with Crippen LogP contribution in [0, 0.1) is 5.92 Å². The first-order chi connectivity index (χ1) is 11.7. The second kappa shape index (κ2) is 6.22. The quantitative estimate of drug-likeness (QED) is 0.843. The maximum Gasteiger partial charge on any atom is 0.228 e. The fraction of sp³-hybridized carbons (Fsp3) is 0.722. The van der Waals surface area contributed by atoms with Gasteiger partial charge in [0.15, 0.2) is 0 Å². The minimum atomic E-state index is -0.134. The number of imidazole rings is 1. The van der Waals surface area contributed by atoms with Crippen LogP contribution in [-0.4, -0.2) is 56.8 Å². The molecule has 1 aromatic rings. The summed E-state index contributed by atoms with van der Waals surface area (Å²) in [5.74, 6) is 1.30. The maximum absolute atomic E-state index is 12.9. The van der Waals surface area contributed by atoms with Gasteiger partial charge in [-0.3, -0.25) is 9.59 Å². The largest absolute Gasteiger partial charge is 0.340 e. The van der Waals surface area contributed by atoms with Crippen LogP contribution in [0.5, 0.6) is 0 Å². The summed E-state index contributed by atoms with van der Waals surface area (Å²) in [6.45, 7) is 4.31. The monoisotopic (exact) mass is 330 g/mol. The molecule has 3 aliphatic rings. The number of nitrogens with zero attached hydrogens (tertiary/aromatic N) is 4. The van der Waals surface area contributed by atoms with Gasteiger partial charge in [0.05, 0.1) is 12.0 Å². The number of amides is 2. The van der Waals surface area contributed by atoms with Gasteiger partial charge in [0.1, 0.15) is 5.82 Å². The van der Waals surface area contributed by atoms with E-state index in [9.17, 15) is 9.59 Å². The zero-order valence-electron chi connectivity index (χ0n) is 14.4. The van der Waals surface area contributed by atoms with Gasteiger partial charge in [-0.1, -0.05) is 6.92 Å². The Labute approximate surface area is 142 Å². The highest BCUT2D eigenvalue weighted by molar-refractivity contribution is 5.89. The SMILES string of the molecule is CCc1nccn1[C@@H]1CCCN(C(=O)[C@@H]2CC(=O)N(C3CC3)C2)C1. The van der Waals surface area contributed by atoms with Crippen molar-refractivity contribution in [2.75, 3.05) is 19.6 Å². The molecule has 0 N–H and O–H groups in total. The number of likely N-dealkylation sites (tertiary alicyclic amines) is 2. The number of piperidine rings is 1. The van der Waals surface area contributed by atoms with Crippen molar-refractivity contribution in [3.8, 4) is 0 Å². The molecule has 0 bridgehead atoms. The van der Waals surface area contributed by atoms with Gasteiger partial charge in [-0.2, -0.15) is 0 Å². The Morgan fingerprint density at radius 3 is 2.83 bits per heavy atom. The zero-order valence-corrected chi connectivity index (χ0v) is 14.4. The average molecular weight is 330 g/mol. The molecule has 0 aromatic carbocycles. The van der Waals surface area contributed by atoms with E-state index in [2.05, 4.69) is 16.5 Å². The van der Waals surface area contributed by atoms with Crippen LogP contribution in [0.15, 0.2) is 12.4 Å². The Kier molecular flexibility index (Phi) is 4.06. The number of aromatic nitrogens is 2. The van der Waals surface area contributed by atoms with E-state index >= 15 is 0 Å². The minimum Gasteiger partial charge on any atom is -0.340 e. The third kappa shape index (κ3) is 2.82. The lowest BCUT2D eigenvalue weighted by Crippen LogP contribution is -2.44. The molecule has 24 heavy (non-hydrogen) atoms. The summed E-state index contributed by atoms with van der Waals surface area (Å²) in [5, 5.41) is 0. The second-order valence-electron chi connectivity index (χ2n) is 7.36. The summed E-state index contributed by atoms with van der Waals surface area (Å²) >= 11 is 0. The molecule has 2 aliphatic heterocycles. The topological polar surface area (TPSA) is 58.4 Å². The summed E-state index contributed by atoms with van der Waals surface area (Å²) in [6, 6.07) is 0.735. The van der Waals surface area contributed by atoms with Crippen LogP contribution >= 0.6 is 0 Å². The van der Waals surface area contributed by atoms with E-state index in [1.54, 1.807) is 0 Å². The Balaban J connectivity index is 1.42. The zero-order chi connectivity index (χ0) is 16.7. The van der Waals surface area contributed by atoms with Crippen LogP contribution in [0.1, 0.15) is 50.9 Å². The third-order valence-corrected chi connectivity index (χ3v) is 5.66. The Bertz CT molecular complexity index is 637. The smallest absolute Gasteiger partial charge is 0.228 e. The maximum atomic E-state index is 12.9. The average Bonchev–Trinajstić information content (AvgIpc) is 3.20. The first-order valence-electron chi connectivity index (χ1n) is 9.27. The Hall–Kier alpha value is -1.85. The number of carbonyl (C=O) groups excluding carboxylic acids is 2. The van der Waals surface area contributed by atoms with E-state index in [4.69, 9.17) is 0 Å². The summed E-state index contributed by atoms with van der Waals surface area (Å²) in [7, 11) is 0. The molecule has 2 amide bonds. The van der Waals surface area contributed by atoms with Crippen LogP contribution in [0.2, 0.25) is 0 Å². The molecule has 2 saturated heterocycles. The number of rotatable bonds is 4. The van der Waals surface area contributed by atoms with Gasteiger partial charge < -0.3 is 14.4 Å². The standard InChI is InChI=1S/C18H26N4O2/c1-2-16-19-7-9-21(16)15-4-3-8-20(12-15)18(24)13-10-17(23)22(11-13)14-5-6-14/h7,9,13-15H,2-6,8,10-12H2,1H3/t13-,15-/m1/s1. The van der Waals surface area contributed by atoms with E-state index in [0.717, 1.165) is 51.0 Å². The van der Waals surface area contributed by atoms with Crippen molar-refractivity contribution in [1.29, 1.82) is 0 Å². The summed E-state index contributed by atoms with van der Waals surface area (Å²) in [5.41, 5.74) is 0. The molecule has 1 aliphatic carbocycles. The first-order valence-corrected chi connectivity index (χ1v) is 9.27. The van der Waals surface area contributed by atoms with Crippen molar-refractivity contribution in [2.24, 2.45) is 5.92 Å².